The topological polar surface area (TPSA) is 35.2 Å². The number of ether oxygens (including phenoxy) is 1. The van der Waals surface area contributed by atoms with Crippen LogP contribution in [0, 0.1) is 5.92 Å². The maximum Gasteiger partial charge on any atom is 0.120 e. The summed E-state index contributed by atoms with van der Waals surface area (Å²) in [6.07, 6.45) is 7.74. The zero-order valence-corrected chi connectivity index (χ0v) is 12.3. The van der Waals surface area contributed by atoms with Crippen LogP contribution in [0.5, 0.6) is 5.75 Å². The number of rotatable bonds is 5. The predicted octanol–water partition coefficient (Wildman–Crippen LogP) is 3.92. The molecule has 106 valence electrons. The molecule has 2 nitrogen and oxygen atoms in total. The van der Waals surface area contributed by atoms with E-state index in [1.807, 2.05) is 6.92 Å². The van der Waals surface area contributed by atoms with E-state index in [0.717, 1.165) is 18.1 Å². The standard InChI is InChI=1S/C17H27NO/c1-3-15-8-4-5-10-17(15)19-16-9-6-7-14(12-16)11-13(2)18/h6-7,9,12-13,15,17H,3-5,8,10-11,18H2,1-2H3. The summed E-state index contributed by atoms with van der Waals surface area (Å²) in [4.78, 5) is 0. The van der Waals surface area contributed by atoms with Crippen molar-refractivity contribution in [3.05, 3.63) is 29.8 Å². The molecule has 0 radical (unpaired) electrons. The van der Waals surface area contributed by atoms with Gasteiger partial charge in [0.05, 0.1) is 0 Å². The SMILES string of the molecule is CCC1CCCCC1Oc1cccc(CC(C)N)c1. The number of nitrogens with two attached hydrogens (primary N) is 1. The second kappa shape index (κ2) is 6.95. The van der Waals surface area contributed by atoms with Crippen LogP contribution in [0.1, 0.15) is 51.5 Å². The summed E-state index contributed by atoms with van der Waals surface area (Å²) >= 11 is 0. The van der Waals surface area contributed by atoms with Gasteiger partial charge in [-0.25, -0.2) is 0 Å². The van der Waals surface area contributed by atoms with E-state index < -0.39 is 0 Å². The molecule has 0 aliphatic heterocycles. The van der Waals surface area contributed by atoms with Gasteiger partial charge in [-0.15, -0.1) is 0 Å². The highest BCUT2D eigenvalue weighted by atomic mass is 16.5. The van der Waals surface area contributed by atoms with Gasteiger partial charge in [0.2, 0.25) is 0 Å². The van der Waals surface area contributed by atoms with Crippen LogP contribution in [-0.2, 0) is 6.42 Å². The van der Waals surface area contributed by atoms with Gasteiger partial charge in [0.15, 0.2) is 0 Å². The normalized spacial score (nSPS) is 25.0. The quantitative estimate of drug-likeness (QED) is 0.871. The van der Waals surface area contributed by atoms with Crippen LogP contribution in [0.4, 0.5) is 0 Å². The molecular weight excluding hydrogens is 234 g/mol. The molecule has 0 bridgehead atoms. The van der Waals surface area contributed by atoms with E-state index in [4.69, 9.17) is 10.5 Å². The fourth-order valence-corrected chi connectivity index (χ4v) is 3.09. The van der Waals surface area contributed by atoms with Crippen molar-refractivity contribution >= 4 is 0 Å². The van der Waals surface area contributed by atoms with E-state index in [-0.39, 0.29) is 6.04 Å². The molecule has 3 atom stereocenters. The van der Waals surface area contributed by atoms with Crippen LogP contribution in [-0.4, -0.2) is 12.1 Å². The van der Waals surface area contributed by atoms with Gasteiger partial charge in [0.25, 0.3) is 0 Å². The fraction of sp³-hybridized carbons (Fsp3) is 0.647. The number of benzene rings is 1. The first kappa shape index (κ1) is 14.4. The highest BCUT2D eigenvalue weighted by molar-refractivity contribution is 5.29. The zero-order chi connectivity index (χ0) is 13.7. The minimum absolute atomic E-state index is 0.202. The Kier molecular flexibility index (Phi) is 5.26. The summed E-state index contributed by atoms with van der Waals surface area (Å²) in [5.41, 5.74) is 7.14. The molecule has 0 spiro atoms. The van der Waals surface area contributed by atoms with Crippen molar-refractivity contribution in [1.82, 2.24) is 0 Å². The first-order valence-corrected chi connectivity index (χ1v) is 7.70. The summed E-state index contributed by atoms with van der Waals surface area (Å²) in [7, 11) is 0. The van der Waals surface area contributed by atoms with E-state index in [1.165, 1.54) is 37.7 Å². The molecule has 0 saturated heterocycles. The lowest BCUT2D eigenvalue weighted by Crippen LogP contribution is -2.29. The zero-order valence-electron chi connectivity index (χ0n) is 12.3. The second-order valence-corrected chi connectivity index (χ2v) is 5.94. The van der Waals surface area contributed by atoms with Crippen molar-refractivity contribution in [2.75, 3.05) is 0 Å². The molecular formula is C17H27NO. The van der Waals surface area contributed by atoms with Crippen molar-refractivity contribution in [2.24, 2.45) is 11.7 Å². The highest BCUT2D eigenvalue weighted by Gasteiger charge is 2.25. The summed E-state index contributed by atoms with van der Waals surface area (Å²) in [6, 6.07) is 8.65. The first-order chi connectivity index (χ1) is 9.19. The molecule has 1 aromatic carbocycles. The first-order valence-electron chi connectivity index (χ1n) is 7.70. The Morgan fingerprint density at radius 1 is 1.32 bits per heavy atom. The molecule has 1 saturated carbocycles. The third kappa shape index (κ3) is 4.24. The number of hydrogen-bond donors (Lipinski definition) is 1. The van der Waals surface area contributed by atoms with Gasteiger partial charge in [-0.05, 0) is 62.6 Å². The average Bonchev–Trinajstić information content (AvgIpc) is 2.39. The van der Waals surface area contributed by atoms with E-state index in [1.54, 1.807) is 0 Å². The van der Waals surface area contributed by atoms with Gasteiger partial charge in [-0.3, -0.25) is 0 Å². The van der Waals surface area contributed by atoms with Crippen LogP contribution in [0.15, 0.2) is 24.3 Å². The fourth-order valence-electron chi connectivity index (χ4n) is 3.09. The van der Waals surface area contributed by atoms with Crippen LogP contribution < -0.4 is 10.5 Å². The Labute approximate surface area is 117 Å². The van der Waals surface area contributed by atoms with E-state index in [0.29, 0.717) is 6.10 Å². The highest BCUT2D eigenvalue weighted by Crippen LogP contribution is 2.30. The smallest absolute Gasteiger partial charge is 0.120 e. The maximum absolute atomic E-state index is 6.24. The monoisotopic (exact) mass is 261 g/mol. The molecule has 1 aliphatic rings. The molecule has 2 N–H and O–H groups in total. The lowest BCUT2D eigenvalue weighted by molar-refractivity contribution is 0.0903. The minimum Gasteiger partial charge on any atom is -0.490 e. The summed E-state index contributed by atoms with van der Waals surface area (Å²) in [5, 5.41) is 0. The molecule has 19 heavy (non-hydrogen) atoms. The molecule has 3 unspecified atom stereocenters. The van der Waals surface area contributed by atoms with E-state index >= 15 is 0 Å². The minimum atomic E-state index is 0.202. The summed E-state index contributed by atoms with van der Waals surface area (Å²) in [5.74, 6) is 1.74. The lowest BCUT2D eigenvalue weighted by atomic mass is 9.85. The van der Waals surface area contributed by atoms with Crippen LogP contribution in [0.3, 0.4) is 0 Å². The van der Waals surface area contributed by atoms with Gasteiger partial charge in [-0.1, -0.05) is 25.5 Å². The maximum atomic E-state index is 6.24. The molecule has 1 fully saturated rings. The van der Waals surface area contributed by atoms with Gasteiger partial charge in [0, 0.05) is 6.04 Å². The van der Waals surface area contributed by atoms with Crippen molar-refractivity contribution in [3.63, 3.8) is 0 Å². The van der Waals surface area contributed by atoms with E-state index in [2.05, 4.69) is 31.2 Å². The van der Waals surface area contributed by atoms with Gasteiger partial charge < -0.3 is 10.5 Å². The van der Waals surface area contributed by atoms with Crippen molar-refractivity contribution in [1.29, 1.82) is 0 Å². The molecule has 1 aliphatic carbocycles. The Morgan fingerprint density at radius 2 is 2.11 bits per heavy atom. The molecule has 2 heteroatoms. The molecule has 0 amide bonds. The Balaban J connectivity index is 2.01. The summed E-state index contributed by atoms with van der Waals surface area (Å²) < 4.78 is 6.24. The largest absolute Gasteiger partial charge is 0.490 e. The van der Waals surface area contributed by atoms with Crippen LogP contribution in [0.2, 0.25) is 0 Å². The molecule has 0 heterocycles. The Hall–Kier alpha value is -1.02. The average molecular weight is 261 g/mol. The Bertz CT molecular complexity index is 389. The third-order valence-electron chi connectivity index (χ3n) is 4.11. The Morgan fingerprint density at radius 3 is 2.84 bits per heavy atom. The lowest BCUT2D eigenvalue weighted by Gasteiger charge is -2.31. The van der Waals surface area contributed by atoms with Crippen molar-refractivity contribution in [2.45, 2.75) is 64.5 Å². The van der Waals surface area contributed by atoms with Crippen molar-refractivity contribution < 1.29 is 4.74 Å². The molecule has 0 aromatic heterocycles. The molecule has 2 rings (SSSR count). The van der Waals surface area contributed by atoms with Gasteiger partial charge in [-0.2, -0.15) is 0 Å². The predicted molar refractivity (Wildman–Crippen MR) is 80.5 cm³/mol. The summed E-state index contributed by atoms with van der Waals surface area (Å²) in [6.45, 7) is 4.32. The molecule has 1 aromatic rings. The van der Waals surface area contributed by atoms with Crippen LogP contribution in [0.25, 0.3) is 0 Å². The van der Waals surface area contributed by atoms with Crippen molar-refractivity contribution in [3.8, 4) is 5.75 Å². The van der Waals surface area contributed by atoms with E-state index in [9.17, 15) is 0 Å². The van der Waals surface area contributed by atoms with Gasteiger partial charge in [0.1, 0.15) is 11.9 Å². The number of hydrogen-bond acceptors (Lipinski definition) is 2. The second-order valence-electron chi connectivity index (χ2n) is 5.94. The van der Waals surface area contributed by atoms with Crippen LogP contribution >= 0.6 is 0 Å². The van der Waals surface area contributed by atoms with Gasteiger partial charge >= 0.3 is 0 Å². The third-order valence-corrected chi connectivity index (χ3v) is 4.11.